The van der Waals surface area contributed by atoms with Crippen LogP contribution in [0.5, 0.6) is 0 Å². The summed E-state index contributed by atoms with van der Waals surface area (Å²) in [6, 6.07) is 0. The van der Waals surface area contributed by atoms with Gasteiger partial charge in [-0.15, -0.1) is 0 Å². The number of hydrogen-bond acceptors (Lipinski definition) is 15. The van der Waals surface area contributed by atoms with Gasteiger partial charge in [0.25, 0.3) is 0 Å². The minimum atomic E-state index is -4.92. The van der Waals surface area contributed by atoms with Crippen molar-refractivity contribution in [1.82, 2.24) is 0 Å². The van der Waals surface area contributed by atoms with Gasteiger partial charge in [0.05, 0.1) is 26.4 Å². The molecule has 0 bridgehead atoms. The summed E-state index contributed by atoms with van der Waals surface area (Å²) >= 11 is 0. The van der Waals surface area contributed by atoms with Crippen molar-refractivity contribution in [1.29, 1.82) is 0 Å². The van der Waals surface area contributed by atoms with Crippen molar-refractivity contribution < 1.29 is 80.2 Å². The lowest BCUT2D eigenvalue weighted by Crippen LogP contribution is -2.30. The van der Waals surface area contributed by atoms with Crippen molar-refractivity contribution in [3.8, 4) is 0 Å². The minimum absolute atomic E-state index is 0.103. The number of hydrogen-bond donors (Lipinski definition) is 3. The van der Waals surface area contributed by atoms with E-state index in [4.69, 9.17) is 37.0 Å². The summed E-state index contributed by atoms with van der Waals surface area (Å²) in [5.74, 6) is -2.17. The third kappa shape index (κ3) is 45.7. The molecule has 19 heteroatoms. The highest BCUT2D eigenvalue weighted by Crippen LogP contribution is 2.45. The summed E-state index contributed by atoms with van der Waals surface area (Å²) < 4.78 is 67.0. The maximum Gasteiger partial charge on any atom is 0.472 e. The van der Waals surface area contributed by atoms with E-state index in [0.717, 1.165) is 116 Å². The van der Waals surface area contributed by atoms with E-state index in [1.54, 1.807) is 0 Å². The van der Waals surface area contributed by atoms with Crippen LogP contribution in [-0.2, 0) is 65.4 Å². The Labute approximate surface area is 416 Å². The summed E-state index contributed by atoms with van der Waals surface area (Å²) in [5.41, 5.74) is 0. The molecule has 2 unspecified atom stereocenters. The molecule has 3 N–H and O–H groups in total. The Hall–Kier alpha value is -1.94. The van der Waals surface area contributed by atoms with Gasteiger partial charge in [0.1, 0.15) is 19.3 Å². The lowest BCUT2D eigenvalue weighted by atomic mass is 10.1. The zero-order valence-corrected chi connectivity index (χ0v) is 45.0. The number of unbranched alkanes of at least 4 members (excludes halogenated alkanes) is 25. The topological polar surface area (TPSA) is 237 Å². The van der Waals surface area contributed by atoms with Gasteiger partial charge in [0.2, 0.25) is 0 Å². The van der Waals surface area contributed by atoms with Crippen LogP contribution in [0.2, 0.25) is 0 Å². The summed E-state index contributed by atoms with van der Waals surface area (Å²) in [4.78, 5) is 71.0. The van der Waals surface area contributed by atoms with Gasteiger partial charge < -0.3 is 33.8 Å². The third-order valence-corrected chi connectivity index (χ3v) is 13.3. The van der Waals surface area contributed by atoms with Crippen molar-refractivity contribution >= 4 is 39.5 Å². The monoisotopic (exact) mass is 1030 g/mol. The molecule has 0 fully saturated rings. The minimum Gasteiger partial charge on any atom is -0.462 e. The predicted octanol–water partition coefficient (Wildman–Crippen LogP) is 12.5. The molecule has 0 saturated heterocycles. The summed E-state index contributed by atoms with van der Waals surface area (Å²) in [6.45, 7) is 4.61. The molecule has 0 radical (unpaired) electrons. The first-order valence-corrected chi connectivity index (χ1v) is 29.8. The molecule has 0 aliphatic heterocycles. The highest BCUT2D eigenvalue weighted by atomic mass is 31.2. The van der Waals surface area contributed by atoms with E-state index in [1.807, 2.05) is 0 Å². The van der Waals surface area contributed by atoms with Gasteiger partial charge in [-0.3, -0.25) is 37.3 Å². The van der Waals surface area contributed by atoms with E-state index in [-0.39, 0.29) is 25.7 Å². The second kappa shape index (κ2) is 45.9. The Bertz CT molecular complexity index is 1370. The van der Waals surface area contributed by atoms with Crippen LogP contribution in [0.15, 0.2) is 0 Å². The van der Waals surface area contributed by atoms with Crippen molar-refractivity contribution in [3.05, 3.63) is 0 Å². The van der Waals surface area contributed by atoms with Crippen molar-refractivity contribution in [3.63, 3.8) is 0 Å². The number of rotatable bonds is 51. The number of aliphatic hydroxyl groups excluding tert-OH is 1. The van der Waals surface area contributed by atoms with Crippen LogP contribution >= 0.6 is 15.6 Å². The number of carbonyl (C=O) groups excluding carboxylic acids is 4. The molecular weight excluding hydrogens is 934 g/mol. The van der Waals surface area contributed by atoms with E-state index < -0.39 is 97.5 Å². The van der Waals surface area contributed by atoms with Crippen LogP contribution < -0.4 is 0 Å². The van der Waals surface area contributed by atoms with Crippen molar-refractivity contribution in [2.24, 2.45) is 0 Å². The van der Waals surface area contributed by atoms with Gasteiger partial charge in [-0.25, -0.2) is 9.13 Å². The molecule has 0 spiro atoms. The third-order valence-electron chi connectivity index (χ3n) is 11.4. The Balaban J connectivity index is 5.15. The van der Waals surface area contributed by atoms with Crippen LogP contribution in [0.3, 0.4) is 0 Å². The molecule has 17 nitrogen and oxygen atoms in total. The van der Waals surface area contributed by atoms with Crippen LogP contribution in [0.25, 0.3) is 0 Å². The Morgan fingerprint density at radius 2 is 0.580 bits per heavy atom. The standard InChI is InChI=1S/C50H96O17P2/c1-5-9-13-17-20-22-25-29-33-37-50(55)67-45(40-60-47(52)34-30-26-16-12-8-4)42-64-68(56,57)62-38-44(51)39-63-69(58,59)65-43-46(66-49(54)36-32-28-23-19-15-11-7-3)41-61-48(53)35-31-27-24-21-18-14-10-6-2/h44-46,51H,5-43H2,1-4H3,(H,56,57)(H,58,59)/t44-,45+,46+/m0/s1. The van der Waals surface area contributed by atoms with Gasteiger partial charge in [-0.2, -0.15) is 0 Å². The molecule has 0 aromatic carbocycles. The number of ether oxygens (including phenoxy) is 4. The molecule has 0 amide bonds. The number of phosphoric ester groups is 2. The van der Waals surface area contributed by atoms with Gasteiger partial charge in [-0.05, 0) is 25.7 Å². The zero-order chi connectivity index (χ0) is 51.3. The first-order chi connectivity index (χ1) is 33.2. The zero-order valence-electron chi connectivity index (χ0n) is 43.3. The van der Waals surface area contributed by atoms with Crippen LogP contribution in [0.1, 0.15) is 240 Å². The molecule has 69 heavy (non-hydrogen) atoms. The maximum atomic E-state index is 12.8. The number of aliphatic hydroxyl groups is 1. The van der Waals surface area contributed by atoms with Gasteiger partial charge in [-0.1, -0.05) is 188 Å². The lowest BCUT2D eigenvalue weighted by Gasteiger charge is -2.21. The van der Waals surface area contributed by atoms with Gasteiger partial charge in [0.15, 0.2) is 12.2 Å². The van der Waals surface area contributed by atoms with E-state index >= 15 is 0 Å². The SMILES string of the molecule is CCCCCCCCCCCC(=O)O[C@H](COC(=O)CCCCCCC)COP(=O)(O)OC[C@H](O)COP(=O)(O)OC[C@@H](COC(=O)CCCCCCCCCC)OC(=O)CCCCCCCCC. The number of carbonyl (C=O) groups is 4. The first kappa shape index (κ1) is 67.1. The summed E-state index contributed by atoms with van der Waals surface area (Å²) in [6.07, 6.45) is 25.8. The second-order valence-electron chi connectivity index (χ2n) is 18.2. The number of esters is 4. The normalized spacial score (nSPS) is 14.6. The molecule has 0 aliphatic rings. The first-order valence-electron chi connectivity index (χ1n) is 26.8. The molecule has 0 aromatic rings. The maximum absolute atomic E-state index is 12.8. The average molecular weight is 1030 g/mol. The summed E-state index contributed by atoms with van der Waals surface area (Å²) in [7, 11) is -9.84. The Morgan fingerprint density at radius 1 is 0.348 bits per heavy atom. The molecule has 0 aromatic heterocycles. The Kier molecular flexibility index (Phi) is 44.6. The van der Waals surface area contributed by atoms with Crippen molar-refractivity contribution in [2.75, 3.05) is 39.6 Å². The van der Waals surface area contributed by atoms with Crippen molar-refractivity contribution in [2.45, 2.75) is 258 Å². The fourth-order valence-electron chi connectivity index (χ4n) is 7.16. The van der Waals surface area contributed by atoms with Crippen LogP contribution in [0.4, 0.5) is 0 Å². The van der Waals surface area contributed by atoms with Crippen LogP contribution in [-0.4, -0.2) is 96.7 Å². The largest absolute Gasteiger partial charge is 0.472 e. The smallest absolute Gasteiger partial charge is 0.462 e. The molecule has 408 valence electrons. The molecular formula is C50H96O17P2. The van der Waals surface area contributed by atoms with Crippen LogP contribution in [0, 0.1) is 0 Å². The lowest BCUT2D eigenvalue weighted by molar-refractivity contribution is -0.161. The fourth-order valence-corrected chi connectivity index (χ4v) is 8.74. The van der Waals surface area contributed by atoms with E-state index in [9.17, 15) is 43.2 Å². The molecule has 0 aliphatic carbocycles. The highest BCUT2D eigenvalue weighted by molar-refractivity contribution is 7.47. The number of phosphoric acid groups is 2. The van der Waals surface area contributed by atoms with E-state index in [2.05, 4.69) is 27.7 Å². The second-order valence-corrected chi connectivity index (χ2v) is 21.1. The van der Waals surface area contributed by atoms with Gasteiger partial charge in [0, 0.05) is 25.7 Å². The fraction of sp³-hybridized carbons (Fsp3) is 0.920. The molecule has 0 rings (SSSR count). The van der Waals surface area contributed by atoms with Gasteiger partial charge >= 0.3 is 39.5 Å². The molecule has 0 saturated carbocycles. The van der Waals surface area contributed by atoms with E-state index in [1.165, 1.54) is 44.9 Å². The summed E-state index contributed by atoms with van der Waals surface area (Å²) in [5, 5.41) is 10.4. The Morgan fingerprint density at radius 3 is 0.855 bits per heavy atom. The average Bonchev–Trinajstić information content (AvgIpc) is 3.32. The highest BCUT2D eigenvalue weighted by Gasteiger charge is 2.30. The van der Waals surface area contributed by atoms with E-state index in [0.29, 0.717) is 25.7 Å². The predicted molar refractivity (Wildman–Crippen MR) is 266 cm³/mol. The molecule has 5 atom stereocenters. The molecule has 0 heterocycles. The quantitative estimate of drug-likeness (QED) is 0.0222.